The van der Waals surface area contributed by atoms with Gasteiger partial charge in [-0.25, -0.2) is 0 Å². The van der Waals surface area contributed by atoms with Gasteiger partial charge in [-0.05, 0) is 32.3 Å². The Kier molecular flexibility index (Phi) is 11.3. The molecule has 3 unspecified atom stereocenters. The Hall–Kier alpha value is -0.850. The maximum Gasteiger partial charge on any atom is 0.240 e. The Balaban J connectivity index is 0.00000420. The van der Waals surface area contributed by atoms with Crippen LogP contribution in [0.4, 0.5) is 0 Å². The second kappa shape index (κ2) is 11.7. The normalized spacial score (nSPS) is 23.4. The number of ether oxygens (including phenoxy) is 1. The van der Waals surface area contributed by atoms with Crippen LogP contribution in [-0.2, 0) is 9.53 Å². The number of nitrogens with one attached hydrogen (secondary N) is 2. The quantitative estimate of drug-likeness (QED) is 0.482. The molecule has 1 aromatic rings. The van der Waals surface area contributed by atoms with Crippen molar-refractivity contribution >= 4 is 30.7 Å². The topological polar surface area (TPSA) is 76.4 Å². The van der Waals surface area contributed by atoms with E-state index in [1.807, 2.05) is 26.8 Å². The van der Waals surface area contributed by atoms with Crippen molar-refractivity contribution in [2.45, 2.75) is 84.0 Å². The van der Waals surface area contributed by atoms with Crippen molar-refractivity contribution in [3.63, 3.8) is 0 Å². The summed E-state index contributed by atoms with van der Waals surface area (Å²) in [5.74, 6) is -0.0751. The average Bonchev–Trinajstić information content (AvgIpc) is 2.71. The third-order valence-electron chi connectivity index (χ3n) is 7.00. The zero-order valence-electron chi connectivity index (χ0n) is 19.3. The van der Waals surface area contributed by atoms with Crippen LogP contribution >= 0.6 is 24.8 Å². The van der Waals surface area contributed by atoms with E-state index in [2.05, 4.69) is 55.7 Å². The number of rotatable bonds is 10. The Bertz CT molecular complexity index is 653. The minimum atomic E-state index is -0.884. The molecule has 0 aromatic heterocycles. The molecule has 2 rings (SSSR count). The molecule has 1 saturated carbocycles. The molecule has 1 aliphatic rings. The molecule has 0 aliphatic heterocycles. The highest BCUT2D eigenvalue weighted by Crippen LogP contribution is 2.49. The number of hydrogen-bond acceptors (Lipinski definition) is 4. The van der Waals surface area contributed by atoms with Gasteiger partial charge in [-0.3, -0.25) is 4.79 Å². The monoisotopic (exact) mass is 461 g/mol. The van der Waals surface area contributed by atoms with Gasteiger partial charge in [0.1, 0.15) is 5.54 Å². The van der Waals surface area contributed by atoms with Crippen molar-refractivity contribution in [2.24, 2.45) is 11.1 Å². The summed E-state index contributed by atoms with van der Waals surface area (Å²) in [6.07, 6.45) is 2.44. The lowest BCUT2D eigenvalue weighted by Crippen LogP contribution is -2.76. The fraction of sp³-hybridized carbons (Fsp3) is 0.696. The zero-order chi connectivity index (χ0) is 21.0. The van der Waals surface area contributed by atoms with Gasteiger partial charge in [0.05, 0.1) is 6.10 Å². The van der Waals surface area contributed by atoms with E-state index in [4.69, 9.17) is 10.5 Å². The van der Waals surface area contributed by atoms with E-state index in [1.165, 1.54) is 5.56 Å². The Morgan fingerprint density at radius 1 is 1.20 bits per heavy atom. The van der Waals surface area contributed by atoms with Gasteiger partial charge in [-0.2, -0.15) is 0 Å². The van der Waals surface area contributed by atoms with Gasteiger partial charge in [0.2, 0.25) is 5.91 Å². The summed E-state index contributed by atoms with van der Waals surface area (Å²) in [6.45, 7) is 13.7. The SMILES string of the molecule is CCOC1CC(N)(C(=O)NCC(CC)(CC)NC(C)c2ccccc2)C1(C)C.Cl.Cl. The predicted molar refractivity (Wildman–Crippen MR) is 130 cm³/mol. The largest absolute Gasteiger partial charge is 0.378 e. The molecular weight excluding hydrogens is 421 g/mol. The van der Waals surface area contributed by atoms with E-state index in [1.54, 1.807) is 0 Å². The molecule has 0 heterocycles. The summed E-state index contributed by atoms with van der Waals surface area (Å²) >= 11 is 0. The van der Waals surface area contributed by atoms with E-state index >= 15 is 0 Å². The lowest BCUT2D eigenvalue weighted by molar-refractivity contribution is -0.170. The van der Waals surface area contributed by atoms with Crippen molar-refractivity contribution in [3.8, 4) is 0 Å². The van der Waals surface area contributed by atoms with E-state index in [0.29, 0.717) is 19.6 Å². The lowest BCUT2D eigenvalue weighted by Gasteiger charge is -2.57. The molecule has 4 N–H and O–H groups in total. The van der Waals surface area contributed by atoms with Crippen LogP contribution < -0.4 is 16.4 Å². The molecule has 3 atom stereocenters. The molecule has 1 aliphatic carbocycles. The fourth-order valence-corrected chi connectivity index (χ4v) is 4.27. The molecule has 30 heavy (non-hydrogen) atoms. The molecule has 1 amide bonds. The van der Waals surface area contributed by atoms with Crippen LogP contribution in [0, 0.1) is 5.41 Å². The smallest absolute Gasteiger partial charge is 0.240 e. The van der Waals surface area contributed by atoms with E-state index in [9.17, 15) is 4.79 Å². The first-order valence-electron chi connectivity index (χ1n) is 10.7. The highest BCUT2D eigenvalue weighted by atomic mass is 35.5. The van der Waals surface area contributed by atoms with Gasteiger partial charge in [-0.15, -0.1) is 24.8 Å². The van der Waals surface area contributed by atoms with Gasteiger partial charge in [-0.1, -0.05) is 58.0 Å². The minimum Gasteiger partial charge on any atom is -0.378 e. The second-order valence-electron chi connectivity index (χ2n) is 8.79. The summed E-state index contributed by atoms with van der Waals surface area (Å²) < 4.78 is 5.76. The third kappa shape index (κ3) is 5.68. The predicted octanol–water partition coefficient (Wildman–Crippen LogP) is 4.39. The summed E-state index contributed by atoms with van der Waals surface area (Å²) in [6, 6.07) is 10.6. The van der Waals surface area contributed by atoms with Gasteiger partial charge in [0.25, 0.3) is 0 Å². The van der Waals surface area contributed by atoms with Crippen LogP contribution in [0.1, 0.15) is 72.4 Å². The van der Waals surface area contributed by atoms with Gasteiger partial charge in [0, 0.05) is 36.6 Å². The molecule has 5 nitrogen and oxygen atoms in total. The van der Waals surface area contributed by atoms with Crippen LogP contribution in [0.5, 0.6) is 0 Å². The third-order valence-corrected chi connectivity index (χ3v) is 7.00. The summed E-state index contributed by atoms with van der Waals surface area (Å²) in [5.41, 5.74) is 6.35. The summed E-state index contributed by atoms with van der Waals surface area (Å²) in [4.78, 5) is 13.0. The van der Waals surface area contributed by atoms with Crippen LogP contribution in [-0.4, -0.2) is 36.2 Å². The number of halogens is 2. The van der Waals surface area contributed by atoms with Crippen molar-refractivity contribution in [1.29, 1.82) is 0 Å². The fourth-order valence-electron chi connectivity index (χ4n) is 4.27. The Morgan fingerprint density at radius 3 is 2.23 bits per heavy atom. The number of hydrogen-bond donors (Lipinski definition) is 3. The first kappa shape index (κ1) is 29.1. The van der Waals surface area contributed by atoms with E-state index < -0.39 is 5.54 Å². The molecule has 0 spiro atoms. The molecule has 174 valence electrons. The molecule has 1 aromatic carbocycles. The molecular formula is C23H41Cl2N3O2. The number of carbonyl (C=O) groups is 1. The number of carbonyl (C=O) groups excluding carboxylic acids is 1. The number of nitrogens with two attached hydrogens (primary N) is 1. The van der Waals surface area contributed by atoms with Crippen molar-refractivity contribution in [1.82, 2.24) is 10.6 Å². The standard InChI is InChI=1S/C23H39N3O2.2ClH/c1-7-22(8-2,26-17(4)18-13-11-10-12-14-18)16-25-20(27)23(24)15-19(28-9-3)21(23,5)6;;/h10-14,17,19,26H,7-9,15-16,24H2,1-6H3,(H,25,27);2*1H. The highest BCUT2D eigenvalue weighted by Gasteiger charge is 2.62. The summed E-state index contributed by atoms with van der Waals surface area (Å²) in [7, 11) is 0. The lowest BCUT2D eigenvalue weighted by atomic mass is 9.54. The maximum atomic E-state index is 13.0. The second-order valence-corrected chi connectivity index (χ2v) is 8.79. The first-order valence-corrected chi connectivity index (χ1v) is 10.7. The van der Waals surface area contributed by atoms with Crippen molar-refractivity contribution in [3.05, 3.63) is 35.9 Å². The number of benzene rings is 1. The van der Waals surface area contributed by atoms with Gasteiger partial charge in [0.15, 0.2) is 0 Å². The molecule has 0 saturated heterocycles. The van der Waals surface area contributed by atoms with E-state index in [0.717, 1.165) is 12.8 Å². The molecule has 0 bridgehead atoms. The molecule has 7 heteroatoms. The maximum absolute atomic E-state index is 13.0. The van der Waals surface area contributed by atoms with Crippen molar-refractivity contribution in [2.75, 3.05) is 13.2 Å². The molecule has 1 fully saturated rings. The summed E-state index contributed by atoms with van der Waals surface area (Å²) in [5, 5.41) is 6.92. The minimum absolute atomic E-state index is 0. The van der Waals surface area contributed by atoms with Crippen molar-refractivity contribution < 1.29 is 9.53 Å². The van der Waals surface area contributed by atoms with Crippen LogP contribution in [0.2, 0.25) is 0 Å². The van der Waals surface area contributed by atoms with Gasteiger partial charge >= 0.3 is 0 Å². The Morgan fingerprint density at radius 2 is 1.77 bits per heavy atom. The average molecular weight is 463 g/mol. The van der Waals surface area contributed by atoms with Crippen LogP contribution in [0.15, 0.2) is 30.3 Å². The zero-order valence-corrected chi connectivity index (χ0v) is 20.9. The molecule has 0 radical (unpaired) electrons. The van der Waals surface area contributed by atoms with Crippen LogP contribution in [0.3, 0.4) is 0 Å². The number of amides is 1. The Labute approximate surface area is 195 Å². The van der Waals surface area contributed by atoms with E-state index in [-0.39, 0.29) is 53.8 Å². The first-order chi connectivity index (χ1) is 13.2. The van der Waals surface area contributed by atoms with Gasteiger partial charge < -0.3 is 21.1 Å². The highest BCUT2D eigenvalue weighted by molar-refractivity contribution is 5.88. The van der Waals surface area contributed by atoms with Crippen LogP contribution in [0.25, 0.3) is 0 Å².